The van der Waals surface area contributed by atoms with Gasteiger partial charge >= 0.3 is 0 Å². The van der Waals surface area contributed by atoms with Crippen LogP contribution in [-0.2, 0) is 14.4 Å². The molecular weight excluding hydrogens is 534 g/mol. The third-order valence-electron chi connectivity index (χ3n) is 8.65. The number of aliphatic hydroxyl groups excluding tert-OH is 1. The van der Waals surface area contributed by atoms with Crippen LogP contribution in [0.15, 0.2) is 42.5 Å². The van der Waals surface area contributed by atoms with Crippen molar-refractivity contribution in [3.8, 4) is 0 Å². The maximum absolute atomic E-state index is 14.6. The van der Waals surface area contributed by atoms with E-state index in [-0.39, 0.29) is 24.3 Å². The summed E-state index contributed by atoms with van der Waals surface area (Å²) < 4.78 is -1.48. The van der Waals surface area contributed by atoms with E-state index in [1.54, 1.807) is 27.6 Å². The molecule has 0 aromatic heterocycles. The minimum absolute atomic E-state index is 0.00291. The van der Waals surface area contributed by atoms with Crippen LogP contribution in [0.25, 0.3) is 0 Å². The lowest BCUT2D eigenvalue weighted by molar-refractivity contribution is -0.143. The van der Waals surface area contributed by atoms with Crippen LogP contribution in [0.2, 0.25) is 5.02 Å². The van der Waals surface area contributed by atoms with Gasteiger partial charge in [0.25, 0.3) is 5.91 Å². The van der Waals surface area contributed by atoms with Gasteiger partial charge in [-0.05, 0) is 51.2 Å². The van der Waals surface area contributed by atoms with Crippen molar-refractivity contribution in [3.63, 3.8) is 0 Å². The molecule has 0 saturated carbocycles. The average molecular weight is 572 g/mol. The molecular formula is C30H38ClN3O4S. The number of thioether (sulfide) groups is 1. The summed E-state index contributed by atoms with van der Waals surface area (Å²) in [6.45, 7) is 8.05. The molecule has 5 atom stereocenters. The van der Waals surface area contributed by atoms with Crippen molar-refractivity contribution in [1.82, 2.24) is 9.80 Å². The molecule has 210 valence electrons. The largest absolute Gasteiger partial charge is 0.396 e. The van der Waals surface area contributed by atoms with Gasteiger partial charge in [0, 0.05) is 37.5 Å². The van der Waals surface area contributed by atoms with Crippen LogP contribution in [0.3, 0.4) is 0 Å². The summed E-state index contributed by atoms with van der Waals surface area (Å²) >= 11 is 8.24. The van der Waals surface area contributed by atoms with Gasteiger partial charge in [-0.1, -0.05) is 55.0 Å². The lowest BCUT2D eigenvalue weighted by atomic mass is 9.74. The average Bonchev–Trinajstić information content (AvgIpc) is 3.16. The molecule has 1 aromatic carbocycles. The molecule has 0 radical (unpaired) electrons. The molecule has 1 spiro atoms. The maximum Gasteiger partial charge on any atom is 0.251 e. The van der Waals surface area contributed by atoms with Crippen LogP contribution < -0.4 is 4.90 Å². The van der Waals surface area contributed by atoms with Crippen molar-refractivity contribution in [3.05, 3.63) is 53.1 Å². The Balaban J connectivity index is 1.62. The van der Waals surface area contributed by atoms with Crippen molar-refractivity contribution in [2.45, 2.75) is 62.0 Å². The molecule has 1 aromatic rings. The molecule has 0 bridgehead atoms. The third-order valence-corrected chi connectivity index (χ3v) is 10.8. The van der Waals surface area contributed by atoms with Crippen LogP contribution in [0, 0.1) is 18.8 Å². The second-order valence-electron chi connectivity index (χ2n) is 11.3. The molecule has 9 heteroatoms. The van der Waals surface area contributed by atoms with Crippen LogP contribution >= 0.6 is 23.4 Å². The number of rotatable bonds is 8. The molecule has 4 aliphatic heterocycles. The smallest absolute Gasteiger partial charge is 0.251 e. The van der Waals surface area contributed by atoms with Gasteiger partial charge in [-0.25, -0.2) is 0 Å². The molecule has 1 unspecified atom stereocenters. The number of aliphatic hydroxyl groups is 1. The third kappa shape index (κ3) is 4.52. The van der Waals surface area contributed by atoms with Crippen LogP contribution in [0.1, 0.15) is 45.1 Å². The number of aryl methyl sites for hydroxylation is 1. The number of para-hydroxylation sites is 1. The molecule has 1 N–H and O–H groups in total. The van der Waals surface area contributed by atoms with Crippen LogP contribution in [0.4, 0.5) is 5.69 Å². The number of fused-ring (bicyclic) bond motifs is 2. The number of hydrogen-bond acceptors (Lipinski definition) is 5. The van der Waals surface area contributed by atoms with Gasteiger partial charge in [0.1, 0.15) is 6.04 Å². The summed E-state index contributed by atoms with van der Waals surface area (Å²) in [6.07, 6.45) is 11.1. The zero-order valence-corrected chi connectivity index (χ0v) is 24.5. The summed E-state index contributed by atoms with van der Waals surface area (Å²) in [5.74, 6) is -1.49. The Morgan fingerprint density at radius 1 is 1.00 bits per heavy atom. The number of carbonyl (C=O) groups excluding carboxylic acids is 3. The lowest BCUT2D eigenvalue weighted by Crippen LogP contribution is -2.53. The Morgan fingerprint density at radius 3 is 2.49 bits per heavy atom. The van der Waals surface area contributed by atoms with Gasteiger partial charge < -0.3 is 19.8 Å². The van der Waals surface area contributed by atoms with Gasteiger partial charge in [-0.2, -0.15) is 0 Å². The van der Waals surface area contributed by atoms with E-state index in [9.17, 15) is 19.5 Å². The van der Waals surface area contributed by atoms with E-state index in [4.69, 9.17) is 11.6 Å². The van der Waals surface area contributed by atoms with E-state index in [1.807, 2.05) is 49.1 Å². The highest BCUT2D eigenvalue weighted by Gasteiger charge is 2.73. The van der Waals surface area contributed by atoms with Crippen LogP contribution in [0.5, 0.6) is 0 Å². The number of amides is 3. The predicted octanol–water partition coefficient (Wildman–Crippen LogP) is 4.21. The van der Waals surface area contributed by atoms with E-state index in [0.717, 1.165) is 18.4 Å². The highest BCUT2D eigenvalue weighted by molar-refractivity contribution is 8.02. The molecule has 39 heavy (non-hydrogen) atoms. The van der Waals surface area contributed by atoms with Gasteiger partial charge in [0.05, 0.1) is 27.3 Å². The standard InChI is InChI=1S/C30H38ClN3O4S/c1-4-15-32-16-9-13-29(3)22(26(32)36)23-27(37)34(17-6-5-7-19-35)25-28(38)33(18-10-14-30(23,25)39-29)24-20(2)11-8-12-21(24)31/h8-14,22-23,25,35H,4-7,15-19H2,1-3H3/t22-,23+,25?,29+,30+/m1/s1. The Morgan fingerprint density at radius 2 is 1.77 bits per heavy atom. The van der Waals surface area contributed by atoms with Gasteiger partial charge in [0.2, 0.25) is 11.8 Å². The molecule has 7 nitrogen and oxygen atoms in total. The quantitative estimate of drug-likeness (QED) is 0.373. The zero-order chi connectivity index (χ0) is 27.9. The van der Waals surface area contributed by atoms with E-state index >= 15 is 0 Å². The van der Waals surface area contributed by atoms with Gasteiger partial charge in [-0.15, -0.1) is 11.8 Å². The minimum Gasteiger partial charge on any atom is -0.396 e. The number of hydrogen-bond donors (Lipinski definition) is 1. The van der Waals surface area contributed by atoms with Crippen molar-refractivity contribution in [2.24, 2.45) is 11.8 Å². The Labute approximate surface area is 240 Å². The number of nitrogens with zero attached hydrogens (tertiary/aromatic N) is 3. The Hall–Kier alpha value is -2.29. The van der Waals surface area contributed by atoms with E-state index in [1.165, 1.54) is 0 Å². The Kier molecular flexibility index (Phi) is 7.92. The number of unbranched alkanes of at least 4 members (excludes halogenated alkanes) is 2. The fourth-order valence-corrected chi connectivity index (χ4v) is 9.50. The van der Waals surface area contributed by atoms with E-state index in [2.05, 4.69) is 13.0 Å². The number of halogens is 1. The SMILES string of the molecule is CCCN1CC=C[C@]2(C)S[C@]34C=CCN(c5c(C)cccc5Cl)C(=O)C3N(CCCCCO)C(=O)[C@@H]4[C@@H]2C1=O. The first kappa shape index (κ1) is 28.2. The zero-order valence-electron chi connectivity index (χ0n) is 22.9. The predicted molar refractivity (Wildman–Crippen MR) is 156 cm³/mol. The maximum atomic E-state index is 14.6. The summed E-state index contributed by atoms with van der Waals surface area (Å²) in [6, 6.07) is 4.83. The van der Waals surface area contributed by atoms with Crippen molar-refractivity contribution in [2.75, 3.05) is 37.7 Å². The van der Waals surface area contributed by atoms with Crippen molar-refractivity contribution in [1.29, 1.82) is 0 Å². The number of anilines is 1. The Bertz CT molecular complexity index is 1200. The topological polar surface area (TPSA) is 81.2 Å². The normalized spacial score (nSPS) is 31.9. The van der Waals surface area contributed by atoms with Crippen molar-refractivity contribution >= 4 is 46.8 Å². The molecule has 4 heterocycles. The van der Waals surface area contributed by atoms with Crippen molar-refractivity contribution < 1.29 is 19.5 Å². The van der Waals surface area contributed by atoms with E-state index in [0.29, 0.717) is 49.7 Å². The summed E-state index contributed by atoms with van der Waals surface area (Å²) in [4.78, 5) is 48.4. The molecule has 2 fully saturated rings. The van der Waals surface area contributed by atoms with Crippen LogP contribution in [-0.4, -0.2) is 80.9 Å². The highest BCUT2D eigenvalue weighted by atomic mass is 35.5. The lowest BCUT2D eigenvalue weighted by Gasteiger charge is -2.37. The number of likely N-dealkylation sites (tertiary alicyclic amines) is 1. The number of benzene rings is 1. The summed E-state index contributed by atoms with van der Waals surface area (Å²) in [5.41, 5.74) is 1.55. The summed E-state index contributed by atoms with van der Waals surface area (Å²) in [7, 11) is 0. The second-order valence-corrected chi connectivity index (χ2v) is 13.5. The summed E-state index contributed by atoms with van der Waals surface area (Å²) in [5, 5.41) is 9.78. The van der Waals surface area contributed by atoms with Gasteiger partial charge in [0.15, 0.2) is 0 Å². The van der Waals surface area contributed by atoms with Gasteiger partial charge in [-0.3, -0.25) is 14.4 Å². The molecule has 5 rings (SSSR count). The molecule has 3 amide bonds. The molecule has 0 aliphatic carbocycles. The molecule has 2 saturated heterocycles. The molecule has 4 aliphatic rings. The van der Waals surface area contributed by atoms with E-state index < -0.39 is 27.4 Å². The minimum atomic E-state index is -0.871. The fourth-order valence-electron chi connectivity index (χ4n) is 7.02. The second kappa shape index (κ2) is 10.9. The number of carbonyl (C=O) groups is 3. The highest BCUT2D eigenvalue weighted by Crippen LogP contribution is 2.65. The first-order valence-electron chi connectivity index (χ1n) is 14.0. The first-order chi connectivity index (χ1) is 18.7. The monoisotopic (exact) mass is 571 g/mol. The first-order valence-corrected chi connectivity index (χ1v) is 15.2. The fraction of sp³-hybridized carbons (Fsp3) is 0.567.